The molecule has 0 spiro atoms. The van der Waals surface area contributed by atoms with Crippen molar-refractivity contribution in [2.45, 2.75) is 55.4 Å². The topological polar surface area (TPSA) is 28.2 Å². The Morgan fingerprint density at radius 3 is 1.20 bits per heavy atom. The predicted molar refractivity (Wildman–Crippen MR) is 181 cm³/mol. The zero-order chi connectivity index (χ0) is 29.3. The standard InChI is InChI=1S/C38H39N2P/c1-24-14-16-33(39-37-28(5)18-26(3)19-29(37)6)35(22-24)41(32-12-10-9-11-13-32)36-23-25(2)15-17-34(36)40-38-30(7)20-27(4)21-31(38)8/h9-23H,1-8H3/q-2. The van der Waals surface area contributed by atoms with Gasteiger partial charge in [0.15, 0.2) is 0 Å². The van der Waals surface area contributed by atoms with Crippen LogP contribution in [-0.2, 0) is 0 Å². The summed E-state index contributed by atoms with van der Waals surface area (Å²) in [6, 6.07) is 33.2. The summed E-state index contributed by atoms with van der Waals surface area (Å²) >= 11 is 0. The fraction of sp³-hybridized carbons (Fsp3) is 0.211. The molecular formula is C38H39N2P-2. The van der Waals surface area contributed by atoms with Gasteiger partial charge in [0.2, 0.25) is 0 Å². The number of hydrogen-bond acceptors (Lipinski definition) is 0. The van der Waals surface area contributed by atoms with E-state index in [2.05, 4.69) is 146 Å². The van der Waals surface area contributed by atoms with Gasteiger partial charge >= 0.3 is 0 Å². The zero-order valence-corrected chi connectivity index (χ0v) is 26.4. The van der Waals surface area contributed by atoms with Crippen LogP contribution < -0.4 is 15.9 Å². The number of hydrogen-bond donors (Lipinski definition) is 0. The fourth-order valence-corrected chi connectivity index (χ4v) is 8.40. The molecule has 2 nitrogen and oxygen atoms in total. The maximum Gasteiger partial charge on any atom is -0.0152 e. The van der Waals surface area contributed by atoms with E-state index in [0.717, 1.165) is 22.7 Å². The van der Waals surface area contributed by atoms with Gasteiger partial charge in [-0.05, 0) is 79.2 Å². The lowest BCUT2D eigenvalue weighted by Crippen LogP contribution is -2.22. The Labute approximate surface area is 247 Å². The second kappa shape index (κ2) is 11.9. The van der Waals surface area contributed by atoms with E-state index in [-0.39, 0.29) is 0 Å². The van der Waals surface area contributed by atoms with Gasteiger partial charge in [0.1, 0.15) is 0 Å². The molecule has 3 heteroatoms. The zero-order valence-electron chi connectivity index (χ0n) is 25.5. The number of aryl methyl sites for hydroxylation is 8. The van der Waals surface area contributed by atoms with Gasteiger partial charge in [0.25, 0.3) is 0 Å². The molecule has 0 aliphatic heterocycles. The molecule has 208 valence electrons. The quantitative estimate of drug-likeness (QED) is 0.179. The van der Waals surface area contributed by atoms with Crippen molar-refractivity contribution in [2.75, 3.05) is 0 Å². The molecule has 0 saturated heterocycles. The van der Waals surface area contributed by atoms with Crippen LogP contribution in [0.5, 0.6) is 0 Å². The highest BCUT2D eigenvalue weighted by Gasteiger charge is 2.19. The van der Waals surface area contributed by atoms with Gasteiger partial charge in [-0.1, -0.05) is 136 Å². The molecule has 0 amide bonds. The molecule has 0 atom stereocenters. The van der Waals surface area contributed by atoms with Crippen LogP contribution in [0, 0.1) is 55.4 Å². The lowest BCUT2D eigenvalue weighted by atomic mass is 10.0. The average molecular weight is 555 g/mol. The molecule has 41 heavy (non-hydrogen) atoms. The van der Waals surface area contributed by atoms with Crippen molar-refractivity contribution in [3.8, 4) is 0 Å². The molecule has 0 saturated carbocycles. The molecule has 0 aromatic heterocycles. The molecule has 0 aliphatic carbocycles. The highest BCUT2D eigenvalue weighted by atomic mass is 31.1. The van der Waals surface area contributed by atoms with E-state index in [9.17, 15) is 0 Å². The van der Waals surface area contributed by atoms with Crippen LogP contribution in [0.2, 0.25) is 0 Å². The predicted octanol–water partition coefficient (Wildman–Crippen LogP) is 10.6. The first-order chi connectivity index (χ1) is 19.6. The Morgan fingerprint density at radius 2 is 0.805 bits per heavy atom. The van der Waals surface area contributed by atoms with Gasteiger partial charge < -0.3 is 10.6 Å². The van der Waals surface area contributed by atoms with Gasteiger partial charge in [-0.3, -0.25) is 0 Å². The van der Waals surface area contributed by atoms with E-state index in [0.29, 0.717) is 0 Å². The molecule has 0 radical (unpaired) electrons. The minimum absolute atomic E-state index is 0.951. The van der Waals surface area contributed by atoms with E-state index in [1.54, 1.807) is 0 Å². The summed E-state index contributed by atoms with van der Waals surface area (Å²) in [5.41, 5.74) is 14.0. The third kappa shape index (κ3) is 6.24. The highest BCUT2D eigenvalue weighted by Crippen LogP contribution is 2.47. The lowest BCUT2D eigenvalue weighted by Gasteiger charge is -2.37. The minimum atomic E-state index is -0.951. The molecule has 0 unspecified atom stereocenters. The summed E-state index contributed by atoms with van der Waals surface area (Å²) in [5.74, 6) is 0. The normalized spacial score (nSPS) is 11.1. The van der Waals surface area contributed by atoms with E-state index in [1.807, 2.05) is 0 Å². The third-order valence-corrected chi connectivity index (χ3v) is 9.99. The van der Waals surface area contributed by atoms with E-state index >= 15 is 0 Å². The van der Waals surface area contributed by atoms with Crippen LogP contribution in [0.15, 0.2) is 91.0 Å². The molecule has 5 aromatic rings. The third-order valence-electron chi connectivity index (χ3n) is 7.49. The Hall–Kier alpha value is -3.87. The van der Waals surface area contributed by atoms with Crippen LogP contribution in [-0.4, -0.2) is 0 Å². The van der Waals surface area contributed by atoms with Crippen molar-refractivity contribution in [3.05, 3.63) is 146 Å². The smallest absolute Gasteiger partial charge is 0.0152 e. The Morgan fingerprint density at radius 1 is 0.415 bits per heavy atom. The van der Waals surface area contributed by atoms with Gasteiger partial charge in [0, 0.05) is 0 Å². The van der Waals surface area contributed by atoms with Crippen LogP contribution in [0.1, 0.15) is 44.5 Å². The van der Waals surface area contributed by atoms with Crippen molar-refractivity contribution >= 4 is 46.6 Å². The Balaban J connectivity index is 1.72. The molecule has 5 aromatic carbocycles. The largest absolute Gasteiger partial charge is 0.657 e. The monoisotopic (exact) mass is 554 g/mol. The van der Waals surface area contributed by atoms with Gasteiger partial charge in [-0.15, -0.1) is 22.7 Å². The summed E-state index contributed by atoms with van der Waals surface area (Å²) in [4.78, 5) is 0. The molecule has 0 bridgehead atoms. The first-order valence-electron chi connectivity index (χ1n) is 14.3. The minimum Gasteiger partial charge on any atom is -0.657 e. The Kier molecular flexibility index (Phi) is 8.34. The summed E-state index contributed by atoms with van der Waals surface area (Å²) in [5, 5.41) is 14.5. The summed E-state index contributed by atoms with van der Waals surface area (Å²) in [7, 11) is -0.951. The second-order valence-corrected chi connectivity index (χ2v) is 13.5. The SMILES string of the molecule is Cc1cc(C)c([N-]c2ccc(C)cc2P(c2ccccc2)c2cc(C)ccc2[N-]c2c(C)cc(C)cc2C)c(C)c1. The van der Waals surface area contributed by atoms with Crippen molar-refractivity contribution in [1.82, 2.24) is 0 Å². The van der Waals surface area contributed by atoms with Crippen molar-refractivity contribution in [3.63, 3.8) is 0 Å². The Bertz CT molecular complexity index is 1560. The summed E-state index contributed by atoms with van der Waals surface area (Å²) < 4.78 is 0. The number of benzene rings is 5. The van der Waals surface area contributed by atoms with Crippen LogP contribution in [0.3, 0.4) is 0 Å². The maximum atomic E-state index is 5.35. The summed E-state index contributed by atoms with van der Waals surface area (Å²) in [6.45, 7) is 17.3. The highest BCUT2D eigenvalue weighted by molar-refractivity contribution is 7.80. The average Bonchev–Trinajstić information content (AvgIpc) is 2.91. The van der Waals surface area contributed by atoms with E-state index in [4.69, 9.17) is 10.6 Å². The lowest BCUT2D eigenvalue weighted by molar-refractivity contribution is 1.33. The van der Waals surface area contributed by atoms with Crippen LogP contribution >= 0.6 is 7.92 Å². The maximum absolute atomic E-state index is 5.35. The molecule has 0 heterocycles. The number of rotatable bonds is 7. The van der Waals surface area contributed by atoms with Crippen LogP contribution in [0.4, 0.5) is 22.7 Å². The first-order valence-corrected chi connectivity index (χ1v) is 15.6. The van der Waals surface area contributed by atoms with Gasteiger partial charge in [0.05, 0.1) is 0 Å². The molecule has 5 rings (SSSR count). The molecular weight excluding hydrogens is 515 g/mol. The van der Waals surface area contributed by atoms with Gasteiger partial charge in [-0.25, -0.2) is 0 Å². The van der Waals surface area contributed by atoms with Crippen molar-refractivity contribution in [2.24, 2.45) is 0 Å². The van der Waals surface area contributed by atoms with E-state index in [1.165, 1.54) is 60.4 Å². The van der Waals surface area contributed by atoms with Crippen molar-refractivity contribution < 1.29 is 0 Å². The van der Waals surface area contributed by atoms with Crippen LogP contribution in [0.25, 0.3) is 10.6 Å². The van der Waals surface area contributed by atoms with E-state index < -0.39 is 7.92 Å². The number of nitrogens with zero attached hydrogens (tertiary/aromatic N) is 2. The second-order valence-electron chi connectivity index (χ2n) is 11.4. The molecule has 0 N–H and O–H groups in total. The first kappa shape index (κ1) is 28.7. The summed E-state index contributed by atoms with van der Waals surface area (Å²) in [6.07, 6.45) is 0. The molecule has 0 aliphatic rings. The fourth-order valence-electron chi connectivity index (χ4n) is 5.74. The van der Waals surface area contributed by atoms with Gasteiger partial charge in [-0.2, -0.15) is 0 Å². The van der Waals surface area contributed by atoms with Crippen molar-refractivity contribution in [1.29, 1.82) is 0 Å². The molecule has 0 fully saturated rings.